The van der Waals surface area contributed by atoms with E-state index in [0.29, 0.717) is 23.1 Å². The van der Waals surface area contributed by atoms with Gasteiger partial charge in [-0.25, -0.2) is 19.7 Å². The Morgan fingerprint density at radius 2 is 2.12 bits per heavy atom. The van der Waals surface area contributed by atoms with Gasteiger partial charge in [0.25, 0.3) is 0 Å². The number of benzene rings is 1. The quantitative estimate of drug-likeness (QED) is 0.336. The number of carbonyl (C=O) groups excluding carboxylic acids is 2. The van der Waals surface area contributed by atoms with Gasteiger partial charge < -0.3 is 25.6 Å². The lowest BCUT2D eigenvalue weighted by atomic mass is 10.1. The molecule has 0 radical (unpaired) electrons. The van der Waals surface area contributed by atoms with Crippen LogP contribution in [0.5, 0.6) is 0 Å². The average molecular weight is 452 g/mol. The molecule has 1 aliphatic heterocycles. The fraction of sp³-hybridized carbons (Fsp3) is 0.318. The third kappa shape index (κ3) is 4.69. The van der Waals surface area contributed by atoms with E-state index < -0.39 is 30.4 Å². The van der Waals surface area contributed by atoms with Crippen LogP contribution < -0.4 is 11.1 Å². The van der Waals surface area contributed by atoms with Crippen LogP contribution in [0.2, 0.25) is 0 Å². The minimum Gasteiger partial charge on any atom is -0.455 e. The summed E-state index contributed by atoms with van der Waals surface area (Å²) in [6.45, 7) is 3.55. The van der Waals surface area contributed by atoms with Crippen molar-refractivity contribution in [3.05, 3.63) is 61.2 Å². The number of nitrogens with zero attached hydrogens (tertiary/aromatic N) is 4. The number of nitrogens with one attached hydrogen (secondary N) is 1. The van der Waals surface area contributed by atoms with Gasteiger partial charge in [-0.1, -0.05) is 36.4 Å². The minimum absolute atomic E-state index is 0.0519. The Hall–Kier alpha value is -3.83. The molecule has 3 heterocycles. The van der Waals surface area contributed by atoms with Gasteiger partial charge in [-0.3, -0.25) is 9.36 Å². The Morgan fingerprint density at radius 3 is 2.88 bits per heavy atom. The Bertz CT molecular complexity index is 1150. The minimum atomic E-state index is -1.20. The summed E-state index contributed by atoms with van der Waals surface area (Å²) in [5.41, 5.74) is 7.14. The second-order valence-corrected chi connectivity index (χ2v) is 7.51. The van der Waals surface area contributed by atoms with Gasteiger partial charge in [-0.05, 0) is 12.0 Å². The molecule has 1 amide bonds. The number of aliphatic hydroxyl groups excluding tert-OH is 1. The van der Waals surface area contributed by atoms with Gasteiger partial charge in [-0.2, -0.15) is 0 Å². The van der Waals surface area contributed by atoms with Crippen molar-refractivity contribution in [1.29, 1.82) is 0 Å². The molecule has 1 aliphatic rings. The molecule has 3 aromatic rings. The van der Waals surface area contributed by atoms with Crippen molar-refractivity contribution in [1.82, 2.24) is 24.8 Å². The van der Waals surface area contributed by atoms with Crippen LogP contribution in [0, 0.1) is 0 Å². The molecule has 4 atom stereocenters. The summed E-state index contributed by atoms with van der Waals surface area (Å²) >= 11 is 0. The van der Waals surface area contributed by atoms with E-state index in [9.17, 15) is 14.7 Å². The highest BCUT2D eigenvalue weighted by Gasteiger charge is 2.41. The highest BCUT2D eigenvalue weighted by atomic mass is 16.6. The number of hydrogen-bond acceptors (Lipinski definition) is 9. The average Bonchev–Trinajstić information content (AvgIpc) is 3.41. The molecule has 1 saturated heterocycles. The van der Waals surface area contributed by atoms with Crippen LogP contribution in [0.4, 0.5) is 5.82 Å². The molecule has 0 aliphatic carbocycles. The molecular weight excluding hydrogens is 428 g/mol. The Balaban J connectivity index is 1.49. The van der Waals surface area contributed by atoms with Gasteiger partial charge in [0.15, 0.2) is 29.8 Å². The van der Waals surface area contributed by atoms with Gasteiger partial charge >= 0.3 is 5.97 Å². The number of esters is 1. The number of imidazole rings is 1. The SMILES string of the molecule is C=CCCC(=O)NC(C(=O)OC1COC(n2cnc3c(N)ncnc32)C1O)c1ccccc1. The van der Waals surface area contributed by atoms with Crippen LogP contribution in [0.1, 0.15) is 30.7 Å². The predicted octanol–water partition coefficient (Wildman–Crippen LogP) is 1.03. The number of allylic oxidation sites excluding steroid dienone is 1. The summed E-state index contributed by atoms with van der Waals surface area (Å²) in [6.07, 6.45) is 1.96. The van der Waals surface area contributed by atoms with Crippen LogP contribution in [0.3, 0.4) is 0 Å². The van der Waals surface area contributed by atoms with E-state index in [4.69, 9.17) is 15.2 Å². The number of anilines is 1. The molecule has 1 aromatic carbocycles. The summed E-state index contributed by atoms with van der Waals surface area (Å²) in [5.74, 6) is -0.820. The van der Waals surface area contributed by atoms with Crippen molar-refractivity contribution >= 4 is 28.9 Å². The lowest BCUT2D eigenvalue weighted by molar-refractivity contribution is -0.157. The maximum atomic E-state index is 13.0. The summed E-state index contributed by atoms with van der Waals surface area (Å²) in [7, 11) is 0. The molecule has 0 bridgehead atoms. The van der Waals surface area contributed by atoms with Crippen molar-refractivity contribution in [2.45, 2.75) is 37.3 Å². The fourth-order valence-electron chi connectivity index (χ4n) is 3.59. The number of rotatable bonds is 8. The molecule has 4 N–H and O–H groups in total. The molecule has 0 saturated carbocycles. The maximum Gasteiger partial charge on any atom is 0.333 e. The molecular formula is C22H24N6O5. The Labute approximate surface area is 189 Å². The molecule has 172 valence electrons. The van der Waals surface area contributed by atoms with Crippen LogP contribution in [-0.2, 0) is 19.1 Å². The van der Waals surface area contributed by atoms with E-state index in [2.05, 4.69) is 26.8 Å². The summed E-state index contributed by atoms with van der Waals surface area (Å²) in [5, 5.41) is 13.5. The van der Waals surface area contributed by atoms with Crippen LogP contribution in [0.25, 0.3) is 11.2 Å². The highest BCUT2D eigenvalue weighted by Crippen LogP contribution is 2.30. The van der Waals surface area contributed by atoms with E-state index in [-0.39, 0.29) is 24.8 Å². The van der Waals surface area contributed by atoms with E-state index in [1.807, 2.05) is 0 Å². The zero-order valence-corrected chi connectivity index (χ0v) is 17.7. The van der Waals surface area contributed by atoms with Crippen molar-refractivity contribution in [3.63, 3.8) is 0 Å². The standard InChI is InChI=1S/C22H24N6O5/c1-2-3-9-15(29)27-16(13-7-5-4-6-8-13)22(31)33-14-10-32-21(18(14)30)28-12-26-17-19(23)24-11-25-20(17)28/h2,4-8,11-12,14,16,18,21,30H,1,3,9-10H2,(H,27,29)(H2,23,24,25). The molecule has 11 heteroatoms. The molecule has 11 nitrogen and oxygen atoms in total. The number of hydrogen-bond donors (Lipinski definition) is 3. The van der Waals surface area contributed by atoms with Crippen molar-refractivity contribution in [2.75, 3.05) is 12.3 Å². The third-order valence-corrected chi connectivity index (χ3v) is 5.28. The van der Waals surface area contributed by atoms with Gasteiger partial charge in [0.1, 0.15) is 17.9 Å². The first-order valence-corrected chi connectivity index (χ1v) is 10.4. The fourth-order valence-corrected chi connectivity index (χ4v) is 3.59. The second-order valence-electron chi connectivity index (χ2n) is 7.51. The second kappa shape index (κ2) is 9.76. The predicted molar refractivity (Wildman–Crippen MR) is 117 cm³/mol. The van der Waals surface area contributed by atoms with Crippen LogP contribution in [-0.4, -0.2) is 55.3 Å². The zero-order chi connectivity index (χ0) is 23.4. The molecule has 33 heavy (non-hydrogen) atoms. The van der Waals surface area contributed by atoms with Crippen molar-refractivity contribution < 1.29 is 24.2 Å². The first-order valence-electron chi connectivity index (χ1n) is 10.4. The van der Waals surface area contributed by atoms with E-state index >= 15 is 0 Å². The number of nitrogens with two attached hydrogens (primary N) is 1. The zero-order valence-electron chi connectivity index (χ0n) is 17.7. The molecule has 0 spiro atoms. The van der Waals surface area contributed by atoms with Gasteiger partial charge in [0, 0.05) is 6.42 Å². The highest BCUT2D eigenvalue weighted by molar-refractivity contribution is 5.85. The summed E-state index contributed by atoms with van der Waals surface area (Å²) in [4.78, 5) is 37.5. The molecule has 4 unspecified atom stereocenters. The number of aliphatic hydroxyl groups is 1. The first-order chi connectivity index (χ1) is 16.0. The number of carbonyl (C=O) groups is 2. The summed E-state index contributed by atoms with van der Waals surface area (Å²) < 4.78 is 12.8. The number of ether oxygens (including phenoxy) is 2. The van der Waals surface area contributed by atoms with E-state index in [0.717, 1.165) is 0 Å². The lowest BCUT2D eigenvalue weighted by Gasteiger charge is -2.22. The monoisotopic (exact) mass is 452 g/mol. The normalized spacial score (nSPS) is 20.9. The van der Waals surface area contributed by atoms with Crippen LogP contribution in [0.15, 0.2) is 55.6 Å². The van der Waals surface area contributed by atoms with E-state index in [1.54, 1.807) is 36.4 Å². The van der Waals surface area contributed by atoms with Crippen molar-refractivity contribution in [3.8, 4) is 0 Å². The van der Waals surface area contributed by atoms with E-state index in [1.165, 1.54) is 17.2 Å². The Morgan fingerprint density at radius 1 is 1.33 bits per heavy atom. The number of fused-ring (bicyclic) bond motifs is 1. The molecule has 1 fully saturated rings. The molecule has 2 aromatic heterocycles. The Kier molecular flexibility index (Phi) is 6.61. The van der Waals surface area contributed by atoms with Gasteiger partial charge in [0.2, 0.25) is 5.91 Å². The third-order valence-electron chi connectivity index (χ3n) is 5.28. The summed E-state index contributed by atoms with van der Waals surface area (Å²) in [6, 6.07) is 7.71. The topological polar surface area (TPSA) is 154 Å². The number of aromatic nitrogens is 4. The van der Waals surface area contributed by atoms with Crippen LogP contribution >= 0.6 is 0 Å². The maximum absolute atomic E-state index is 13.0. The number of nitrogen functional groups attached to an aromatic ring is 1. The van der Waals surface area contributed by atoms with Crippen molar-refractivity contribution in [2.24, 2.45) is 0 Å². The smallest absolute Gasteiger partial charge is 0.333 e. The molecule has 4 rings (SSSR count). The largest absolute Gasteiger partial charge is 0.455 e. The number of amides is 1. The lowest BCUT2D eigenvalue weighted by Crippen LogP contribution is -2.39. The first kappa shape index (κ1) is 22.4. The van der Waals surface area contributed by atoms with Gasteiger partial charge in [0.05, 0.1) is 12.9 Å². The van der Waals surface area contributed by atoms with Gasteiger partial charge in [-0.15, -0.1) is 6.58 Å².